The fraction of sp³-hybridized carbons (Fsp3) is 0.250. The van der Waals surface area contributed by atoms with Gasteiger partial charge in [-0.15, -0.1) is 0 Å². The van der Waals surface area contributed by atoms with Gasteiger partial charge in [-0.2, -0.15) is 0 Å². The molecule has 0 fully saturated rings. The van der Waals surface area contributed by atoms with Crippen LogP contribution in [0.4, 0.5) is 0 Å². The molecule has 1 aromatic carbocycles. The summed E-state index contributed by atoms with van der Waals surface area (Å²) in [5.74, 6) is 1.18. The zero-order chi connectivity index (χ0) is 15.6. The van der Waals surface area contributed by atoms with E-state index in [0.29, 0.717) is 19.0 Å². The summed E-state index contributed by atoms with van der Waals surface area (Å²) in [7, 11) is 1.67. The Bertz CT molecular complexity index is 594. The summed E-state index contributed by atoms with van der Waals surface area (Å²) < 4.78 is 5.15. The van der Waals surface area contributed by atoms with Crippen molar-refractivity contribution in [2.24, 2.45) is 4.99 Å². The van der Waals surface area contributed by atoms with Crippen molar-refractivity contribution in [1.82, 2.24) is 16.0 Å². The number of carbonyl (C=O) groups is 1. The number of aliphatic imine (C=N–C) groups is 1. The second-order valence-corrected chi connectivity index (χ2v) is 4.62. The molecular weight excluding hydrogens is 280 g/mol. The Morgan fingerprint density at radius 1 is 1.05 bits per heavy atom. The monoisotopic (exact) mass is 300 g/mol. The van der Waals surface area contributed by atoms with Crippen LogP contribution in [0.1, 0.15) is 11.3 Å². The van der Waals surface area contributed by atoms with Crippen LogP contribution in [0.25, 0.3) is 0 Å². The van der Waals surface area contributed by atoms with Crippen molar-refractivity contribution in [2.45, 2.75) is 13.1 Å². The molecule has 6 nitrogen and oxygen atoms in total. The summed E-state index contributed by atoms with van der Waals surface area (Å²) in [6.45, 7) is 1.17. The molecule has 2 aromatic rings. The van der Waals surface area contributed by atoms with Gasteiger partial charge < -0.3 is 20.4 Å². The third kappa shape index (κ3) is 5.32. The van der Waals surface area contributed by atoms with E-state index in [1.54, 1.807) is 19.4 Å². The smallest absolute Gasteiger partial charge is 0.239 e. The number of hydrogen-bond donors (Lipinski definition) is 3. The van der Waals surface area contributed by atoms with Crippen LogP contribution in [-0.2, 0) is 17.9 Å². The number of nitrogens with one attached hydrogen (secondary N) is 3. The summed E-state index contributed by atoms with van der Waals surface area (Å²) in [5, 5.41) is 8.88. The number of amides is 1. The number of hydrogen-bond acceptors (Lipinski definition) is 3. The molecule has 1 heterocycles. The Hall–Kier alpha value is -2.76. The van der Waals surface area contributed by atoms with Gasteiger partial charge in [-0.1, -0.05) is 30.3 Å². The van der Waals surface area contributed by atoms with Gasteiger partial charge in [0, 0.05) is 13.6 Å². The predicted molar refractivity (Wildman–Crippen MR) is 85.2 cm³/mol. The van der Waals surface area contributed by atoms with Gasteiger partial charge in [0.05, 0.1) is 19.4 Å². The van der Waals surface area contributed by atoms with Gasteiger partial charge in [-0.05, 0) is 17.7 Å². The second kappa shape index (κ2) is 8.51. The molecule has 0 aliphatic rings. The fourth-order valence-electron chi connectivity index (χ4n) is 1.83. The second-order valence-electron chi connectivity index (χ2n) is 4.62. The SMILES string of the molecule is CN=C(NCC(=O)NCc1ccco1)NCc1ccccc1. The molecule has 0 aliphatic carbocycles. The number of carbonyl (C=O) groups excluding carboxylic acids is 1. The number of rotatable bonds is 6. The Morgan fingerprint density at radius 3 is 2.55 bits per heavy atom. The van der Waals surface area contributed by atoms with E-state index in [1.807, 2.05) is 36.4 Å². The molecule has 1 aromatic heterocycles. The highest BCUT2D eigenvalue weighted by molar-refractivity contribution is 5.86. The van der Waals surface area contributed by atoms with Gasteiger partial charge in [0.1, 0.15) is 5.76 Å². The first-order chi connectivity index (χ1) is 10.8. The molecule has 0 aliphatic heterocycles. The van der Waals surface area contributed by atoms with Crippen molar-refractivity contribution in [2.75, 3.05) is 13.6 Å². The molecule has 6 heteroatoms. The molecule has 0 saturated heterocycles. The molecule has 2 rings (SSSR count). The van der Waals surface area contributed by atoms with Crippen molar-refractivity contribution in [3.8, 4) is 0 Å². The predicted octanol–water partition coefficient (Wildman–Crippen LogP) is 1.26. The lowest BCUT2D eigenvalue weighted by Gasteiger charge is -2.11. The Balaban J connectivity index is 1.68. The minimum atomic E-state index is -0.126. The number of nitrogens with zero attached hydrogens (tertiary/aromatic N) is 1. The van der Waals surface area contributed by atoms with Gasteiger partial charge in [-0.25, -0.2) is 0 Å². The lowest BCUT2D eigenvalue weighted by molar-refractivity contribution is -0.120. The molecule has 3 N–H and O–H groups in total. The van der Waals surface area contributed by atoms with E-state index >= 15 is 0 Å². The highest BCUT2D eigenvalue weighted by Gasteiger charge is 2.04. The van der Waals surface area contributed by atoms with Crippen molar-refractivity contribution in [1.29, 1.82) is 0 Å². The van der Waals surface area contributed by atoms with E-state index < -0.39 is 0 Å². The van der Waals surface area contributed by atoms with E-state index in [-0.39, 0.29) is 12.5 Å². The van der Waals surface area contributed by atoms with E-state index in [0.717, 1.165) is 11.3 Å². The van der Waals surface area contributed by atoms with E-state index in [1.165, 1.54) is 0 Å². The van der Waals surface area contributed by atoms with Crippen LogP contribution >= 0.6 is 0 Å². The van der Waals surface area contributed by atoms with Gasteiger partial charge in [0.2, 0.25) is 5.91 Å². The van der Waals surface area contributed by atoms with Gasteiger partial charge in [0.15, 0.2) is 5.96 Å². The molecule has 0 unspecified atom stereocenters. The van der Waals surface area contributed by atoms with Crippen LogP contribution in [0.2, 0.25) is 0 Å². The summed E-state index contributed by atoms with van der Waals surface area (Å²) >= 11 is 0. The average molecular weight is 300 g/mol. The molecule has 0 atom stereocenters. The summed E-state index contributed by atoms with van der Waals surface area (Å²) in [4.78, 5) is 15.8. The van der Waals surface area contributed by atoms with Crippen LogP contribution in [0.5, 0.6) is 0 Å². The molecule has 22 heavy (non-hydrogen) atoms. The summed E-state index contributed by atoms with van der Waals surface area (Å²) in [6, 6.07) is 13.6. The van der Waals surface area contributed by atoms with Crippen LogP contribution < -0.4 is 16.0 Å². The first kappa shape index (κ1) is 15.6. The molecule has 0 saturated carbocycles. The third-order valence-electron chi connectivity index (χ3n) is 2.98. The normalized spacial score (nSPS) is 11.0. The average Bonchev–Trinajstić information content (AvgIpc) is 3.07. The van der Waals surface area contributed by atoms with Crippen molar-refractivity contribution >= 4 is 11.9 Å². The highest BCUT2D eigenvalue weighted by Crippen LogP contribution is 1.98. The fourth-order valence-corrected chi connectivity index (χ4v) is 1.83. The van der Waals surface area contributed by atoms with Crippen LogP contribution in [-0.4, -0.2) is 25.5 Å². The minimum absolute atomic E-state index is 0.126. The van der Waals surface area contributed by atoms with Crippen LogP contribution in [0.15, 0.2) is 58.1 Å². The highest BCUT2D eigenvalue weighted by atomic mass is 16.3. The maximum atomic E-state index is 11.7. The first-order valence-electron chi connectivity index (χ1n) is 7.05. The molecule has 0 bridgehead atoms. The largest absolute Gasteiger partial charge is 0.467 e. The summed E-state index contributed by atoms with van der Waals surface area (Å²) in [5.41, 5.74) is 1.15. The zero-order valence-corrected chi connectivity index (χ0v) is 12.5. The number of furan rings is 1. The molecule has 0 spiro atoms. The summed E-state index contributed by atoms with van der Waals surface area (Å²) in [6.07, 6.45) is 1.58. The zero-order valence-electron chi connectivity index (χ0n) is 12.5. The van der Waals surface area contributed by atoms with E-state index in [4.69, 9.17) is 4.42 Å². The van der Waals surface area contributed by atoms with Crippen molar-refractivity contribution in [3.05, 3.63) is 60.1 Å². The maximum Gasteiger partial charge on any atom is 0.239 e. The quantitative estimate of drug-likeness (QED) is 0.554. The number of guanidine groups is 1. The van der Waals surface area contributed by atoms with Gasteiger partial charge >= 0.3 is 0 Å². The van der Waals surface area contributed by atoms with Crippen LogP contribution in [0.3, 0.4) is 0 Å². The Labute approximate surface area is 129 Å². The lowest BCUT2D eigenvalue weighted by Crippen LogP contribution is -2.42. The van der Waals surface area contributed by atoms with Gasteiger partial charge in [-0.3, -0.25) is 9.79 Å². The molecular formula is C16H20N4O2. The van der Waals surface area contributed by atoms with Crippen molar-refractivity contribution < 1.29 is 9.21 Å². The maximum absolute atomic E-state index is 11.7. The number of benzene rings is 1. The molecule has 1 amide bonds. The molecule has 116 valence electrons. The van der Waals surface area contributed by atoms with Crippen molar-refractivity contribution in [3.63, 3.8) is 0 Å². The third-order valence-corrected chi connectivity index (χ3v) is 2.98. The van der Waals surface area contributed by atoms with E-state index in [9.17, 15) is 4.79 Å². The lowest BCUT2D eigenvalue weighted by atomic mass is 10.2. The van der Waals surface area contributed by atoms with Gasteiger partial charge in [0.25, 0.3) is 0 Å². The van der Waals surface area contributed by atoms with E-state index in [2.05, 4.69) is 20.9 Å². The standard InChI is InChI=1S/C16H20N4O2/c1-17-16(19-10-13-6-3-2-4-7-13)20-12-15(21)18-11-14-8-5-9-22-14/h2-9H,10-12H2,1H3,(H,18,21)(H2,17,19,20). The molecule has 0 radical (unpaired) electrons. The Morgan fingerprint density at radius 2 is 1.86 bits per heavy atom. The first-order valence-corrected chi connectivity index (χ1v) is 7.05. The Kier molecular flexibility index (Phi) is 6.04. The minimum Gasteiger partial charge on any atom is -0.467 e. The topological polar surface area (TPSA) is 78.7 Å². The van der Waals surface area contributed by atoms with Crippen LogP contribution in [0, 0.1) is 0 Å².